The Hall–Kier alpha value is -0.350. The first-order valence-electron chi connectivity index (χ1n) is 6.06. The number of rotatable bonds is 7. The standard InChI is InChI=1S/C6H11F3.C6H12F2/c1-2-3-4-5-6(7,8)9;1-6(5-8)3-2-4-7/h2-5H2,1H3;6H,2-5H2,1H3. The summed E-state index contributed by atoms with van der Waals surface area (Å²) in [6.45, 7) is 3.04. The fourth-order valence-electron chi connectivity index (χ4n) is 1.08. The average molecular weight is 262 g/mol. The highest BCUT2D eigenvalue weighted by atomic mass is 19.4. The summed E-state index contributed by atoms with van der Waals surface area (Å²) in [7, 11) is 0. The lowest BCUT2D eigenvalue weighted by Crippen LogP contribution is -2.05. The third-order valence-electron chi connectivity index (χ3n) is 2.16. The van der Waals surface area contributed by atoms with Crippen molar-refractivity contribution in [3.05, 3.63) is 0 Å². The normalized spacial score (nSPS) is 12.9. The summed E-state index contributed by atoms with van der Waals surface area (Å²) >= 11 is 0. The highest BCUT2D eigenvalue weighted by Crippen LogP contribution is 2.22. The van der Waals surface area contributed by atoms with Crippen LogP contribution in [-0.4, -0.2) is 19.5 Å². The van der Waals surface area contributed by atoms with Gasteiger partial charge in [0.15, 0.2) is 0 Å². The Labute approximate surface area is 101 Å². The highest BCUT2D eigenvalue weighted by molar-refractivity contribution is 4.49. The van der Waals surface area contributed by atoms with E-state index < -0.39 is 12.6 Å². The van der Waals surface area contributed by atoms with Gasteiger partial charge in [0.25, 0.3) is 0 Å². The first-order chi connectivity index (χ1) is 7.87. The molecular weight excluding hydrogens is 239 g/mol. The molecule has 0 bridgehead atoms. The van der Waals surface area contributed by atoms with Crippen LogP contribution in [0.2, 0.25) is 0 Å². The molecule has 1 unspecified atom stereocenters. The molecule has 0 aromatic rings. The highest BCUT2D eigenvalue weighted by Gasteiger charge is 2.25. The van der Waals surface area contributed by atoms with Gasteiger partial charge in [0, 0.05) is 6.42 Å². The molecular formula is C12H23F5. The lowest BCUT2D eigenvalue weighted by atomic mass is 10.1. The molecule has 5 heteroatoms. The summed E-state index contributed by atoms with van der Waals surface area (Å²) in [5.41, 5.74) is 0. The van der Waals surface area contributed by atoms with E-state index in [0.717, 1.165) is 6.42 Å². The zero-order chi connectivity index (χ0) is 13.7. The van der Waals surface area contributed by atoms with Crippen molar-refractivity contribution in [2.45, 2.75) is 58.5 Å². The topological polar surface area (TPSA) is 0 Å². The molecule has 0 aromatic carbocycles. The van der Waals surface area contributed by atoms with Crippen molar-refractivity contribution in [3.63, 3.8) is 0 Å². The van der Waals surface area contributed by atoms with Crippen molar-refractivity contribution >= 4 is 0 Å². The van der Waals surface area contributed by atoms with Crippen LogP contribution in [0.3, 0.4) is 0 Å². The molecule has 0 N–H and O–H groups in total. The van der Waals surface area contributed by atoms with Crippen LogP contribution in [-0.2, 0) is 0 Å². The Bertz CT molecular complexity index is 144. The van der Waals surface area contributed by atoms with E-state index in [1.807, 2.05) is 6.92 Å². The Morgan fingerprint density at radius 1 is 1.00 bits per heavy atom. The van der Waals surface area contributed by atoms with E-state index in [1.165, 1.54) is 0 Å². The minimum Gasteiger partial charge on any atom is -0.251 e. The second-order valence-corrected chi connectivity index (χ2v) is 4.16. The predicted octanol–water partition coefficient (Wildman–Crippen LogP) is 5.47. The Morgan fingerprint density at radius 2 is 1.59 bits per heavy atom. The molecule has 0 aliphatic carbocycles. The third-order valence-corrected chi connectivity index (χ3v) is 2.16. The average Bonchev–Trinajstić information content (AvgIpc) is 2.25. The van der Waals surface area contributed by atoms with Crippen molar-refractivity contribution < 1.29 is 22.0 Å². The second kappa shape index (κ2) is 12.1. The molecule has 0 aliphatic heterocycles. The van der Waals surface area contributed by atoms with Crippen LogP contribution >= 0.6 is 0 Å². The molecule has 1 atom stereocenters. The van der Waals surface area contributed by atoms with Gasteiger partial charge >= 0.3 is 6.18 Å². The predicted molar refractivity (Wildman–Crippen MR) is 60.5 cm³/mol. The first-order valence-corrected chi connectivity index (χ1v) is 6.06. The maximum Gasteiger partial charge on any atom is 0.389 e. The summed E-state index contributed by atoms with van der Waals surface area (Å²) in [6.07, 6.45) is -1.59. The second-order valence-electron chi connectivity index (χ2n) is 4.16. The van der Waals surface area contributed by atoms with E-state index in [1.54, 1.807) is 6.92 Å². The molecule has 0 fully saturated rings. The molecule has 0 heterocycles. The monoisotopic (exact) mass is 262 g/mol. The van der Waals surface area contributed by atoms with E-state index in [2.05, 4.69) is 0 Å². The Kier molecular flexibility index (Phi) is 13.5. The van der Waals surface area contributed by atoms with Crippen LogP contribution in [0, 0.1) is 5.92 Å². The molecule has 0 rings (SSSR count). The molecule has 0 radical (unpaired) electrons. The third kappa shape index (κ3) is 21.5. The fraction of sp³-hybridized carbons (Fsp3) is 1.00. The number of hydrogen-bond donors (Lipinski definition) is 0. The van der Waals surface area contributed by atoms with Gasteiger partial charge in [0.1, 0.15) is 0 Å². The lowest BCUT2D eigenvalue weighted by molar-refractivity contribution is -0.135. The van der Waals surface area contributed by atoms with E-state index in [0.29, 0.717) is 19.3 Å². The van der Waals surface area contributed by atoms with Crippen molar-refractivity contribution in [2.75, 3.05) is 13.3 Å². The van der Waals surface area contributed by atoms with Gasteiger partial charge in [0.05, 0.1) is 13.3 Å². The molecule has 0 spiro atoms. The van der Waals surface area contributed by atoms with E-state index in [-0.39, 0.29) is 25.7 Å². The van der Waals surface area contributed by atoms with Crippen LogP contribution in [0.15, 0.2) is 0 Å². The van der Waals surface area contributed by atoms with Gasteiger partial charge in [-0.2, -0.15) is 13.2 Å². The molecule has 0 amide bonds. The summed E-state index contributed by atoms with van der Waals surface area (Å²) < 4.78 is 57.1. The van der Waals surface area contributed by atoms with Crippen molar-refractivity contribution in [2.24, 2.45) is 5.92 Å². The molecule has 0 aliphatic rings. The van der Waals surface area contributed by atoms with Crippen molar-refractivity contribution in [1.82, 2.24) is 0 Å². The van der Waals surface area contributed by atoms with E-state index >= 15 is 0 Å². The van der Waals surface area contributed by atoms with E-state index in [4.69, 9.17) is 0 Å². The van der Waals surface area contributed by atoms with Gasteiger partial charge in [-0.3, -0.25) is 8.78 Å². The largest absolute Gasteiger partial charge is 0.389 e. The van der Waals surface area contributed by atoms with Gasteiger partial charge in [0.2, 0.25) is 0 Å². The quantitative estimate of drug-likeness (QED) is 0.421. The van der Waals surface area contributed by atoms with E-state index in [9.17, 15) is 22.0 Å². The maximum atomic E-state index is 11.6. The van der Waals surface area contributed by atoms with Gasteiger partial charge in [-0.05, 0) is 25.2 Å². The minimum atomic E-state index is -3.95. The maximum absolute atomic E-state index is 11.6. The van der Waals surface area contributed by atoms with Crippen molar-refractivity contribution in [1.29, 1.82) is 0 Å². The smallest absolute Gasteiger partial charge is 0.251 e. The van der Waals surface area contributed by atoms with Crippen LogP contribution < -0.4 is 0 Å². The fourth-order valence-corrected chi connectivity index (χ4v) is 1.08. The minimum absolute atomic E-state index is 0.0470. The van der Waals surface area contributed by atoms with Crippen LogP contribution in [0.25, 0.3) is 0 Å². The SMILES string of the molecule is CC(CF)CCCF.CCCCCC(F)(F)F. The molecule has 0 saturated carbocycles. The summed E-state index contributed by atoms with van der Waals surface area (Å²) in [5.74, 6) is 0.0470. The summed E-state index contributed by atoms with van der Waals surface area (Å²) in [4.78, 5) is 0. The number of halogens is 5. The Balaban J connectivity index is 0. The van der Waals surface area contributed by atoms with Crippen LogP contribution in [0.1, 0.15) is 52.4 Å². The van der Waals surface area contributed by atoms with Gasteiger partial charge in [-0.1, -0.05) is 26.7 Å². The van der Waals surface area contributed by atoms with Crippen LogP contribution in [0.4, 0.5) is 22.0 Å². The van der Waals surface area contributed by atoms with Gasteiger partial charge < -0.3 is 0 Å². The van der Waals surface area contributed by atoms with Crippen LogP contribution in [0.5, 0.6) is 0 Å². The summed E-state index contributed by atoms with van der Waals surface area (Å²) in [5, 5.41) is 0. The number of unbranched alkanes of at least 4 members (excludes halogenated alkanes) is 2. The van der Waals surface area contributed by atoms with Gasteiger partial charge in [-0.15, -0.1) is 0 Å². The lowest BCUT2D eigenvalue weighted by Gasteiger charge is -2.03. The first kappa shape index (κ1) is 19.0. The molecule has 106 valence electrons. The summed E-state index contributed by atoms with van der Waals surface area (Å²) in [6, 6.07) is 0. The number of alkyl halides is 5. The number of hydrogen-bond acceptors (Lipinski definition) is 0. The van der Waals surface area contributed by atoms with Gasteiger partial charge in [-0.25, -0.2) is 0 Å². The Morgan fingerprint density at radius 3 is 1.94 bits per heavy atom. The van der Waals surface area contributed by atoms with Crippen molar-refractivity contribution in [3.8, 4) is 0 Å². The molecule has 0 saturated heterocycles. The zero-order valence-electron chi connectivity index (χ0n) is 10.6. The molecule has 0 nitrogen and oxygen atoms in total. The molecule has 0 aromatic heterocycles. The zero-order valence-corrected chi connectivity index (χ0v) is 10.6. The molecule has 17 heavy (non-hydrogen) atoms.